The van der Waals surface area contributed by atoms with Gasteiger partial charge in [-0.1, -0.05) is 12.1 Å². The number of anilines is 1. The van der Waals surface area contributed by atoms with Gasteiger partial charge in [0.15, 0.2) is 0 Å². The molecule has 0 atom stereocenters. The van der Waals surface area contributed by atoms with Crippen molar-refractivity contribution in [2.75, 3.05) is 11.9 Å². The predicted molar refractivity (Wildman–Crippen MR) is 93.4 cm³/mol. The summed E-state index contributed by atoms with van der Waals surface area (Å²) in [5.41, 5.74) is 3.20. The number of aromatic nitrogens is 1. The third-order valence-electron chi connectivity index (χ3n) is 3.34. The fourth-order valence-electron chi connectivity index (χ4n) is 2.12. The Bertz CT molecular complexity index is 789. The van der Waals surface area contributed by atoms with E-state index in [1.54, 1.807) is 35.2 Å². The highest BCUT2D eigenvalue weighted by Crippen LogP contribution is 2.21. The number of nitrogens with one attached hydrogen (secondary N) is 1. The summed E-state index contributed by atoms with van der Waals surface area (Å²) in [5, 5.41) is 4.40. The molecule has 9 heteroatoms. The van der Waals surface area contributed by atoms with Crippen LogP contribution in [0.15, 0.2) is 41.2 Å². The molecule has 0 radical (unpaired) electrons. The van der Waals surface area contributed by atoms with Crippen LogP contribution in [-0.4, -0.2) is 34.4 Å². The van der Waals surface area contributed by atoms with Gasteiger partial charge in [-0.15, -0.1) is 11.3 Å². The van der Waals surface area contributed by atoms with Crippen molar-refractivity contribution < 1.29 is 22.8 Å². The van der Waals surface area contributed by atoms with Crippen molar-refractivity contribution in [1.82, 2.24) is 9.88 Å². The summed E-state index contributed by atoms with van der Waals surface area (Å²) in [4.78, 5) is 28.0. The monoisotopic (exact) mass is 383 g/mol. The molecule has 0 aliphatic heterocycles. The number of benzene rings is 1. The molecule has 2 rings (SSSR count). The number of nitrogens with zero attached hydrogens (tertiary/aromatic N) is 2. The van der Waals surface area contributed by atoms with Gasteiger partial charge in [-0.25, -0.2) is 4.98 Å². The number of thiazole rings is 1. The third-order valence-corrected chi connectivity index (χ3v) is 3.94. The number of amides is 2. The Morgan fingerprint density at radius 1 is 1.35 bits per heavy atom. The maximum atomic E-state index is 12.6. The second-order valence-electron chi connectivity index (χ2n) is 5.25. The molecule has 0 aliphatic carbocycles. The van der Waals surface area contributed by atoms with Gasteiger partial charge in [0.25, 0.3) is 0 Å². The summed E-state index contributed by atoms with van der Waals surface area (Å²) < 4.78 is 37.7. The smallest absolute Gasteiger partial charge is 0.331 e. The van der Waals surface area contributed by atoms with Crippen molar-refractivity contribution in [3.05, 3.63) is 52.5 Å². The minimum Gasteiger partial charge on any atom is -0.331 e. The lowest BCUT2D eigenvalue weighted by Crippen LogP contribution is -2.40. The van der Waals surface area contributed by atoms with Gasteiger partial charge in [-0.3, -0.25) is 9.59 Å². The molecule has 0 unspecified atom stereocenters. The van der Waals surface area contributed by atoms with Gasteiger partial charge in [0.1, 0.15) is 0 Å². The number of carbonyl (C=O) groups is 2. The van der Waals surface area contributed by atoms with E-state index in [9.17, 15) is 22.8 Å². The number of alkyl halides is 3. The van der Waals surface area contributed by atoms with Crippen molar-refractivity contribution in [2.24, 2.45) is 0 Å². The van der Waals surface area contributed by atoms with E-state index in [2.05, 4.69) is 10.3 Å². The molecule has 0 fully saturated rings. The van der Waals surface area contributed by atoms with Crippen molar-refractivity contribution >= 4 is 34.9 Å². The van der Waals surface area contributed by atoms with Crippen molar-refractivity contribution in [1.29, 1.82) is 0 Å². The maximum absolute atomic E-state index is 12.6. The van der Waals surface area contributed by atoms with Crippen LogP contribution in [0.1, 0.15) is 18.2 Å². The average Bonchev–Trinajstić information content (AvgIpc) is 3.10. The summed E-state index contributed by atoms with van der Waals surface area (Å²) in [5.74, 6) is -2.28. The fourth-order valence-corrected chi connectivity index (χ4v) is 2.65. The summed E-state index contributed by atoms with van der Waals surface area (Å²) >= 11 is 1.40. The first-order chi connectivity index (χ1) is 12.3. The zero-order valence-corrected chi connectivity index (χ0v) is 14.6. The molecule has 1 heterocycles. The van der Waals surface area contributed by atoms with E-state index in [-0.39, 0.29) is 13.1 Å². The topological polar surface area (TPSA) is 62.3 Å². The summed E-state index contributed by atoms with van der Waals surface area (Å²) in [6.07, 6.45) is -2.05. The van der Waals surface area contributed by atoms with Crippen molar-refractivity contribution in [2.45, 2.75) is 19.6 Å². The van der Waals surface area contributed by atoms with E-state index in [1.165, 1.54) is 30.4 Å². The van der Waals surface area contributed by atoms with E-state index in [0.29, 0.717) is 21.8 Å². The SMILES string of the molecule is CCN(Cc1cccc(NC(=O)/C=C/c2cscn2)c1)C(=O)C(F)(F)F. The zero-order chi connectivity index (χ0) is 19.2. The molecule has 0 spiro atoms. The summed E-state index contributed by atoms with van der Waals surface area (Å²) in [7, 11) is 0. The molecule has 26 heavy (non-hydrogen) atoms. The highest BCUT2D eigenvalue weighted by molar-refractivity contribution is 7.07. The first kappa shape index (κ1) is 19.6. The molecular weight excluding hydrogens is 367 g/mol. The average molecular weight is 383 g/mol. The minimum absolute atomic E-state index is 0.0781. The quantitative estimate of drug-likeness (QED) is 0.774. The van der Waals surface area contributed by atoms with Crippen molar-refractivity contribution in [3.63, 3.8) is 0 Å². The van der Waals surface area contributed by atoms with Gasteiger partial charge < -0.3 is 10.2 Å². The Kier molecular flexibility index (Phi) is 6.51. The van der Waals surface area contributed by atoms with Crippen LogP contribution in [0.5, 0.6) is 0 Å². The molecule has 1 N–H and O–H groups in total. The molecule has 2 amide bonds. The standard InChI is InChI=1S/C17H16F3N3O2S/c1-2-23(16(25)17(18,19)20)9-12-4-3-5-13(8-12)22-15(24)7-6-14-10-26-11-21-14/h3-8,10-11H,2,9H2,1H3,(H,22,24)/b7-6+. The molecule has 138 valence electrons. The molecular formula is C17H16F3N3O2S. The van der Waals surface area contributed by atoms with E-state index < -0.39 is 18.0 Å². The summed E-state index contributed by atoms with van der Waals surface area (Å²) in [6, 6.07) is 6.33. The zero-order valence-electron chi connectivity index (χ0n) is 13.8. The van der Waals surface area contributed by atoms with Gasteiger partial charge in [-0.2, -0.15) is 13.2 Å². The third kappa shape index (κ3) is 5.69. The Balaban J connectivity index is 2.02. The molecule has 0 saturated heterocycles. The van der Waals surface area contributed by atoms with Crippen LogP contribution < -0.4 is 5.32 Å². The fraction of sp³-hybridized carbons (Fsp3) is 0.235. The molecule has 5 nitrogen and oxygen atoms in total. The molecule has 0 aliphatic rings. The molecule has 0 bridgehead atoms. The van der Waals surface area contributed by atoms with Crippen LogP contribution in [0.25, 0.3) is 6.08 Å². The first-order valence-electron chi connectivity index (χ1n) is 7.62. The second kappa shape index (κ2) is 8.61. The summed E-state index contributed by atoms with van der Waals surface area (Å²) in [6.45, 7) is 1.19. The number of hydrogen-bond acceptors (Lipinski definition) is 4. The number of rotatable bonds is 6. The Morgan fingerprint density at radius 3 is 2.73 bits per heavy atom. The highest BCUT2D eigenvalue weighted by Gasteiger charge is 2.41. The van der Waals surface area contributed by atoms with Crippen molar-refractivity contribution in [3.8, 4) is 0 Å². The second-order valence-corrected chi connectivity index (χ2v) is 5.97. The van der Waals surface area contributed by atoms with E-state index >= 15 is 0 Å². The lowest BCUT2D eigenvalue weighted by molar-refractivity contribution is -0.185. The van der Waals surface area contributed by atoms with Crippen LogP contribution in [0.4, 0.5) is 18.9 Å². The van der Waals surface area contributed by atoms with Gasteiger partial charge in [-0.05, 0) is 30.7 Å². The van der Waals surface area contributed by atoms with Gasteiger partial charge in [0.2, 0.25) is 5.91 Å². The molecule has 0 saturated carbocycles. The predicted octanol–water partition coefficient (Wildman–Crippen LogP) is 3.71. The molecule has 1 aromatic heterocycles. The van der Waals surface area contributed by atoms with Gasteiger partial charge in [0.05, 0.1) is 11.2 Å². The van der Waals surface area contributed by atoms with Crippen LogP contribution in [0, 0.1) is 0 Å². The van der Waals surface area contributed by atoms with E-state index in [4.69, 9.17) is 0 Å². The van der Waals surface area contributed by atoms with Gasteiger partial charge in [0, 0.05) is 30.2 Å². The Morgan fingerprint density at radius 2 is 2.12 bits per heavy atom. The largest absolute Gasteiger partial charge is 0.471 e. The normalized spacial score (nSPS) is 11.5. The molecule has 2 aromatic rings. The van der Waals surface area contributed by atoms with Crippen LogP contribution >= 0.6 is 11.3 Å². The number of carbonyl (C=O) groups excluding carboxylic acids is 2. The van der Waals surface area contributed by atoms with E-state index in [0.717, 1.165) is 0 Å². The van der Waals surface area contributed by atoms with E-state index in [1.807, 2.05) is 0 Å². The van der Waals surface area contributed by atoms with Crippen LogP contribution in [0.3, 0.4) is 0 Å². The Labute approximate surface area is 152 Å². The highest BCUT2D eigenvalue weighted by atomic mass is 32.1. The van der Waals surface area contributed by atoms with Gasteiger partial charge >= 0.3 is 12.1 Å². The lowest BCUT2D eigenvalue weighted by atomic mass is 10.2. The molecule has 1 aromatic carbocycles. The lowest BCUT2D eigenvalue weighted by Gasteiger charge is -2.22. The van der Waals surface area contributed by atoms with Crippen LogP contribution in [-0.2, 0) is 16.1 Å². The first-order valence-corrected chi connectivity index (χ1v) is 8.56. The number of hydrogen-bond donors (Lipinski definition) is 1. The maximum Gasteiger partial charge on any atom is 0.471 e. The van der Waals surface area contributed by atoms with Crippen LogP contribution in [0.2, 0.25) is 0 Å². The number of halogens is 3. The Hall–Kier alpha value is -2.68. The minimum atomic E-state index is -4.91.